The van der Waals surface area contributed by atoms with Gasteiger partial charge in [0.1, 0.15) is 31.0 Å². The molecule has 0 spiro atoms. The summed E-state index contributed by atoms with van der Waals surface area (Å²) in [6.07, 6.45) is 6.62. The standard InChI is InChI=1S/C29H51N5O9S/c1-3-5-7-9-11-13-24(36)41-17-20(42-25(37)14-12-10-8-6-4-2)18-44-19-21(30)28(40)31-23-15-34(33-32-23)29-27(39)26(38)22(16-35)43-29/h15,20-22,26-27,29,35,38-39H,3-14,16-19,30H2,1-2H3,(H,31,40)/t20-,21-,22?,26-,27+,29+/m1/s1. The summed E-state index contributed by atoms with van der Waals surface area (Å²) in [6, 6.07) is -0.945. The van der Waals surface area contributed by atoms with Crippen molar-refractivity contribution in [3.8, 4) is 0 Å². The summed E-state index contributed by atoms with van der Waals surface area (Å²) in [5.74, 6) is -0.685. The molecule has 0 saturated carbocycles. The highest BCUT2D eigenvalue weighted by Gasteiger charge is 2.44. The van der Waals surface area contributed by atoms with E-state index in [2.05, 4.69) is 29.5 Å². The van der Waals surface area contributed by atoms with Crippen LogP contribution in [-0.2, 0) is 28.6 Å². The molecule has 6 atom stereocenters. The number of carbonyl (C=O) groups excluding carboxylic acids is 3. The van der Waals surface area contributed by atoms with Crippen LogP contribution in [0.5, 0.6) is 0 Å². The van der Waals surface area contributed by atoms with Gasteiger partial charge in [0, 0.05) is 24.3 Å². The zero-order chi connectivity index (χ0) is 32.3. The number of aliphatic hydroxyl groups excluding tert-OH is 3. The highest BCUT2D eigenvalue weighted by atomic mass is 32.2. The van der Waals surface area contributed by atoms with Crippen molar-refractivity contribution in [2.45, 2.75) is 128 Å². The van der Waals surface area contributed by atoms with Crippen molar-refractivity contribution < 1.29 is 43.9 Å². The molecular weight excluding hydrogens is 594 g/mol. The number of ether oxygens (including phenoxy) is 3. The largest absolute Gasteiger partial charge is 0.462 e. The maximum absolute atomic E-state index is 12.7. The van der Waals surface area contributed by atoms with Gasteiger partial charge in [-0.3, -0.25) is 14.4 Å². The van der Waals surface area contributed by atoms with Gasteiger partial charge >= 0.3 is 11.9 Å². The number of carbonyl (C=O) groups is 3. The molecule has 14 nitrogen and oxygen atoms in total. The number of amides is 1. The van der Waals surface area contributed by atoms with Crippen LogP contribution in [0.15, 0.2) is 6.20 Å². The lowest BCUT2D eigenvalue weighted by molar-refractivity contribution is -0.157. The van der Waals surface area contributed by atoms with Gasteiger partial charge in [-0.15, -0.1) is 5.10 Å². The maximum atomic E-state index is 12.7. The molecule has 0 aromatic carbocycles. The second kappa shape index (κ2) is 21.4. The van der Waals surface area contributed by atoms with Gasteiger partial charge in [-0.1, -0.05) is 70.4 Å². The van der Waals surface area contributed by atoms with Crippen LogP contribution in [0.3, 0.4) is 0 Å². The van der Waals surface area contributed by atoms with Crippen LogP contribution in [0.4, 0.5) is 5.82 Å². The molecule has 0 aliphatic carbocycles. The number of esters is 2. The normalized spacial score (nSPS) is 21.1. The van der Waals surface area contributed by atoms with Crippen LogP contribution >= 0.6 is 11.8 Å². The first-order valence-corrected chi connectivity index (χ1v) is 16.9. The van der Waals surface area contributed by atoms with Gasteiger partial charge in [0.05, 0.1) is 18.8 Å². The number of hydrogen-bond donors (Lipinski definition) is 5. The van der Waals surface area contributed by atoms with E-state index in [0.29, 0.717) is 12.8 Å². The average molecular weight is 646 g/mol. The van der Waals surface area contributed by atoms with E-state index < -0.39 is 49.2 Å². The van der Waals surface area contributed by atoms with E-state index in [4.69, 9.17) is 19.9 Å². The van der Waals surface area contributed by atoms with Gasteiger partial charge in [0.2, 0.25) is 5.91 Å². The van der Waals surface area contributed by atoms with Crippen molar-refractivity contribution in [2.75, 3.05) is 30.0 Å². The highest BCUT2D eigenvalue weighted by Crippen LogP contribution is 2.29. The van der Waals surface area contributed by atoms with Gasteiger partial charge in [0.15, 0.2) is 12.0 Å². The summed E-state index contributed by atoms with van der Waals surface area (Å²) in [4.78, 5) is 37.3. The third-order valence-corrected chi connectivity index (χ3v) is 8.38. The van der Waals surface area contributed by atoms with Crippen molar-refractivity contribution >= 4 is 35.4 Å². The maximum Gasteiger partial charge on any atom is 0.306 e. The molecule has 1 aromatic heterocycles. The molecule has 0 bridgehead atoms. The van der Waals surface area contributed by atoms with E-state index in [1.165, 1.54) is 18.0 Å². The number of rotatable bonds is 23. The Kier molecular flexibility index (Phi) is 18.5. The number of hydrogen-bond acceptors (Lipinski definition) is 13. The Morgan fingerprint density at radius 1 is 1.00 bits per heavy atom. The van der Waals surface area contributed by atoms with Crippen LogP contribution < -0.4 is 11.1 Å². The smallest absolute Gasteiger partial charge is 0.306 e. The van der Waals surface area contributed by atoms with Gasteiger partial charge in [-0.2, -0.15) is 11.8 Å². The molecule has 252 valence electrons. The molecular formula is C29H51N5O9S. The lowest BCUT2D eigenvalue weighted by Crippen LogP contribution is -2.38. The molecule has 1 fully saturated rings. The summed E-state index contributed by atoms with van der Waals surface area (Å²) in [5.41, 5.74) is 6.07. The minimum atomic E-state index is -1.34. The molecule has 1 aliphatic rings. The van der Waals surface area contributed by atoms with Crippen LogP contribution in [0.25, 0.3) is 0 Å². The van der Waals surface area contributed by atoms with Crippen molar-refractivity contribution in [3.63, 3.8) is 0 Å². The Balaban J connectivity index is 1.82. The number of aliphatic hydroxyl groups is 3. The zero-order valence-electron chi connectivity index (χ0n) is 26.0. The molecule has 2 heterocycles. The minimum absolute atomic E-state index is 0.0561. The van der Waals surface area contributed by atoms with Gasteiger partial charge in [0.25, 0.3) is 0 Å². The lowest BCUT2D eigenvalue weighted by Gasteiger charge is -2.19. The van der Waals surface area contributed by atoms with Crippen molar-refractivity contribution in [3.05, 3.63) is 6.20 Å². The quantitative estimate of drug-likeness (QED) is 0.0854. The fourth-order valence-electron chi connectivity index (χ4n) is 4.54. The topological polar surface area (TPSA) is 208 Å². The predicted octanol–water partition coefficient (Wildman–Crippen LogP) is 2.06. The Hall–Kier alpha value is -2.30. The minimum Gasteiger partial charge on any atom is -0.462 e. The number of nitrogens with one attached hydrogen (secondary N) is 1. The number of thioether (sulfide) groups is 1. The summed E-state index contributed by atoms with van der Waals surface area (Å²) in [7, 11) is 0. The van der Waals surface area contributed by atoms with E-state index in [1.807, 2.05) is 0 Å². The third kappa shape index (κ3) is 13.8. The monoisotopic (exact) mass is 645 g/mol. The summed E-state index contributed by atoms with van der Waals surface area (Å²) >= 11 is 1.29. The molecule has 1 saturated heterocycles. The molecule has 44 heavy (non-hydrogen) atoms. The van der Waals surface area contributed by atoms with Crippen LogP contribution in [0, 0.1) is 0 Å². The summed E-state index contributed by atoms with van der Waals surface area (Å²) in [6.45, 7) is 3.71. The first kappa shape index (κ1) is 37.9. The second-order valence-corrected chi connectivity index (χ2v) is 12.1. The Labute approximate surface area is 263 Å². The Morgan fingerprint density at radius 2 is 1.64 bits per heavy atom. The van der Waals surface area contributed by atoms with E-state index in [0.717, 1.165) is 68.9 Å². The van der Waals surface area contributed by atoms with Crippen molar-refractivity contribution in [2.24, 2.45) is 5.73 Å². The van der Waals surface area contributed by atoms with Crippen molar-refractivity contribution in [1.29, 1.82) is 0 Å². The van der Waals surface area contributed by atoms with Crippen LogP contribution in [0.2, 0.25) is 0 Å². The summed E-state index contributed by atoms with van der Waals surface area (Å²) < 4.78 is 17.6. The molecule has 0 radical (unpaired) electrons. The fraction of sp³-hybridized carbons (Fsp3) is 0.828. The van der Waals surface area contributed by atoms with Crippen molar-refractivity contribution in [1.82, 2.24) is 15.0 Å². The number of nitrogens with two attached hydrogens (primary N) is 1. The second-order valence-electron chi connectivity index (χ2n) is 11.1. The Bertz CT molecular complexity index is 985. The van der Waals surface area contributed by atoms with E-state index in [1.54, 1.807) is 0 Å². The molecule has 1 unspecified atom stereocenters. The summed E-state index contributed by atoms with van der Waals surface area (Å²) in [5, 5.41) is 39.5. The first-order chi connectivity index (χ1) is 21.2. The number of aromatic nitrogens is 3. The van der Waals surface area contributed by atoms with Crippen LogP contribution in [-0.4, -0.2) is 103 Å². The number of nitrogens with zero attached hydrogens (tertiary/aromatic N) is 3. The van der Waals surface area contributed by atoms with Crippen LogP contribution in [0.1, 0.15) is 97.1 Å². The van der Waals surface area contributed by atoms with Gasteiger partial charge in [-0.05, 0) is 12.8 Å². The lowest BCUT2D eigenvalue weighted by atomic mass is 10.1. The highest BCUT2D eigenvalue weighted by molar-refractivity contribution is 7.99. The third-order valence-electron chi connectivity index (χ3n) is 7.17. The molecule has 6 N–H and O–H groups in total. The van der Waals surface area contributed by atoms with E-state index in [9.17, 15) is 29.7 Å². The average Bonchev–Trinajstić information content (AvgIpc) is 3.58. The fourth-order valence-corrected chi connectivity index (χ4v) is 5.51. The molecule has 1 aromatic rings. The van der Waals surface area contributed by atoms with Gasteiger partial charge in [-0.25, -0.2) is 4.68 Å². The molecule has 15 heteroatoms. The van der Waals surface area contributed by atoms with E-state index in [-0.39, 0.29) is 35.9 Å². The molecule has 1 aliphatic heterocycles. The molecule has 2 rings (SSSR count). The zero-order valence-corrected chi connectivity index (χ0v) is 26.8. The molecule has 1 amide bonds. The van der Waals surface area contributed by atoms with Gasteiger partial charge < -0.3 is 40.6 Å². The first-order valence-electron chi connectivity index (χ1n) is 15.7. The SMILES string of the molecule is CCCCCCCC(=O)OC[C@H](CSC[C@@H](N)C(=O)Nc1cn([C@H]2OC(CO)[C@@H](O)[C@@H]2O)nn1)OC(=O)CCCCCCC. The Morgan fingerprint density at radius 3 is 2.25 bits per heavy atom. The van der Waals surface area contributed by atoms with E-state index >= 15 is 0 Å². The number of anilines is 1. The predicted molar refractivity (Wildman–Crippen MR) is 165 cm³/mol. The number of unbranched alkanes of at least 4 members (excludes halogenated alkanes) is 8.